The van der Waals surface area contributed by atoms with E-state index in [1.165, 1.54) is 74.3 Å². The lowest BCUT2D eigenvalue weighted by Gasteiger charge is -2.42. The molecule has 0 spiro atoms. The number of ketones is 1. The Morgan fingerprint density at radius 3 is 2.50 bits per heavy atom. The van der Waals surface area contributed by atoms with Gasteiger partial charge in [0.2, 0.25) is 0 Å². The van der Waals surface area contributed by atoms with Crippen molar-refractivity contribution >= 4 is 23.4 Å². The van der Waals surface area contributed by atoms with Crippen molar-refractivity contribution in [1.29, 1.82) is 5.26 Å². The molecule has 4 rings (SSSR count). The molecule has 0 aliphatic carbocycles. The van der Waals surface area contributed by atoms with Crippen molar-refractivity contribution in [3.63, 3.8) is 0 Å². The van der Waals surface area contributed by atoms with Crippen LogP contribution in [0, 0.1) is 11.3 Å². The number of Topliss-reactive ketones (excluding diaryl/α,β-unsaturated/α-hetero) is 1. The maximum Gasteiger partial charge on any atom is 0.416 e. The number of hydrogen-bond donors (Lipinski definition) is 0. The number of alkyl halides is 3. The fraction of sp³-hybridized carbons (Fsp3) is 0.250. The van der Waals surface area contributed by atoms with Crippen LogP contribution < -0.4 is 4.90 Å². The van der Waals surface area contributed by atoms with Crippen molar-refractivity contribution in [3.8, 4) is 6.07 Å². The molecule has 0 radical (unpaired) electrons. The molecule has 2 aromatic carbocycles. The number of anilines is 1. The van der Waals surface area contributed by atoms with Gasteiger partial charge in [-0.2, -0.15) is 18.4 Å². The number of halogens is 3. The molecule has 0 saturated heterocycles. The second kappa shape index (κ2) is 10.7. The monoisotopic (exact) mass is 551 g/mol. The Morgan fingerprint density at radius 2 is 1.90 bits per heavy atom. The van der Waals surface area contributed by atoms with Crippen LogP contribution in [-0.4, -0.2) is 46.8 Å². The summed E-state index contributed by atoms with van der Waals surface area (Å²) in [6.07, 6.45) is -3.21. The Morgan fingerprint density at radius 1 is 1.18 bits per heavy atom. The molecule has 12 heteroatoms. The molecule has 0 fully saturated rings. The van der Waals surface area contributed by atoms with Crippen molar-refractivity contribution < 1.29 is 32.1 Å². The van der Waals surface area contributed by atoms with Gasteiger partial charge in [0.1, 0.15) is 0 Å². The van der Waals surface area contributed by atoms with E-state index in [-0.39, 0.29) is 40.2 Å². The summed E-state index contributed by atoms with van der Waals surface area (Å²) in [6.45, 7) is 2.81. The minimum absolute atomic E-state index is 0.0618. The normalized spacial score (nSPS) is 15.8. The van der Waals surface area contributed by atoms with Crippen LogP contribution in [0.1, 0.15) is 52.7 Å². The zero-order valence-corrected chi connectivity index (χ0v) is 22.0. The molecule has 40 heavy (non-hydrogen) atoms. The number of urea groups is 1. The standard InChI is InChI=1S/C28H24F3N5O4/c1-16-24(17(2)37)25(35(4)27(39)36(16)20-7-5-6-19(13-20)28(29,30)31)22-9-8-18(14-32)12-23(22)26(38)34(3)15-21-10-11-33-40-21/h5-13,25H,15H2,1-4H3. The number of benzene rings is 2. The maximum atomic E-state index is 13.7. The number of carbonyl (C=O) groups excluding carboxylic acids is 3. The summed E-state index contributed by atoms with van der Waals surface area (Å²) >= 11 is 0. The summed E-state index contributed by atoms with van der Waals surface area (Å²) in [5.74, 6) is -0.544. The van der Waals surface area contributed by atoms with Gasteiger partial charge in [-0.15, -0.1) is 0 Å². The van der Waals surface area contributed by atoms with Crippen LogP contribution in [-0.2, 0) is 17.5 Å². The Kier molecular flexibility index (Phi) is 7.51. The topological polar surface area (TPSA) is 111 Å². The largest absolute Gasteiger partial charge is 0.416 e. The molecule has 1 aromatic heterocycles. The second-order valence-electron chi connectivity index (χ2n) is 9.29. The van der Waals surface area contributed by atoms with E-state index in [0.29, 0.717) is 5.76 Å². The number of carbonyl (C=O) groups is 3. The van der Waals surface area contributed by atoms with Crippen molar-refractivity contribution in [3.05, 3.63) is 94.0 Å². The smallest absolute Gasteiger partial charge is 0.360 e. The average molecular weight is 552 g/mol. The molecular formula is C28H24F3N5O4. The predicted molar refractivity (Wildman–Crippen MR) is 137 cm³/mol. The first-order valence-electron chi connectivity index (χ1n) is 12.0. The molecule has 1 atom stereocenters. The van der Waals surface area contributed by atoms with E-state index in [1.54, 1.807) is 6.07 Å². The van der Waals surface area contributed by atoms with Gasteiger partial charge in [0, 0.05) is 37.0 Å². The lowest BCUT2D eigenvalue weighted by molar-refractivity contribution is -0.137. The average Bonchev–Trinajstić information content (AvgIpc) is 3.42. The van der Waals surface area contributed by atoms with E-state index < -0.39 is 35.5 Å². The zero-order valence-electron chi connectivity index (χ0n) is 22.0. The van der Waals surface area contributed by atoms with Crippen molar-refractivity contribution in [1.82, 2.24) is 15.0 Å². The van der Waals surface area contributed by atoms with Crippen molar-refractivity contribution in [2.75, 3.05) is 19.0 Å². The van der Waals surface area contributed by atoms with Crippen LogP contribution in [0.3, 0.4) is 0 Å². The molecule has 1 unspecified atom stereocenters. The molecule has 0 saturated carbocycles. The predicted octanol–water partition coefficient (Wildman–Crippen LogP) is 5.31. The molecule has 3 aromatic rings. The van der Waals surface area contributed by atoms with Gasteiger partial charge in [0.25, 0.3) is 5.91 Å². The third-order valence-electron chi connectivity index (χ3n) is 6.63. The summed E-state index contributed by atoms with van der Waals surface area (Å²) < 4.78 is 45.3. The first kappa shape index (κ1) is 28.1. The number of nitrogens with zero attached hydrogens (tertiary/aromatic N) is 5. The quantitative estimate of drug-likeness (QED) is 0.411. The Labute approximate surface area is 227 Å². The molecule has 0 bridgehead atoms. The number of allylic oxidation sites excluding steroid dienone is 1. The van der Waals surface area contributed by atoms with Gasteiger partial charge in [-0.25, -0.2) is 4.79 Å². The number of rotatable bonds is 6. The van der Waals surface area contributed by atoms with E-state index >= 15 is 0 Å². The van der Waals surface area contributed by atoms with Crippen LogP contribution >= 0.6 is 0 Å². The molecule has 3 amide bonds. The molecule has 1 aliphatic heterocycles. The van der Waals surface area contributed by atoms with Crippen molar-refractivity contribution in [2.45, 2.75) is 32.6 Å². The van der Waals surface area contributed by atoms with E-state index in [0.717, 1.165) is 17.0 Å². The van der Waals surface area contributed by atoms with Crippen LogP contribution in [0.4, 0.5) is 23.7 Å². The van der Waals surface area contributed by atoms with Gasteiger partial charge in [-0.1, -0.05) is 17.3 Å². The number of likely N-dealkylation sites (N-methyl/N-ethyl adjacent to an activating group) is 1. The second-order valence-corrected chi connectivity index (χ2v) is 9.29. The Hall–Kier alpha value is -4.92. The van der Waals surface area contributed by atoms with Gasteiger partial charge in [-0.3, -0.25) is 14.5 Å². The maximum absolute atomic E-state index is 13.7. The van der Waals surface area contributed by atoms with E-state index in [1.807, 2.05) is 6.07 Å². The SMILES string of the molecule is CC(=O)C1=C(C)N(c2cccc(C(F)(F)F)c2)C(=O)N(C)C1c1ccc(C#N)cc1C(=O)N(C)Cc1ccno1. The summed E-state index contributed by atoms with van der Waals surface area (Å²) in [4.78, 5) is 43.9. The van der Waals surface area contributed by atoms with Crippen LogP contribution in [0.25, 0.3) is 0 Å². The summed E-state index contributed by atoms with van der Waals surface area (Å²) in [7, 11) is 2.92. The first-order chi connectivity index (χ1) is 18.8. The van der Waals surface area contributed by atoms with Gasteiger partial charge < -0.3 is 14.3 Å². The van der Waals surface area contributed by atoms with E-state index in [2.05, 4.69) is 5.16 Å². The highest BCUT2D eigenvalue weighted by Crippen LogP contribution is 2.41. The van der Waals surface area contributed by atoms with Gasteiger partial charge in [0.05, 0.1) is 41.7 Å². The lowest BCUT2D eigenvalue weighted by atomic mass is 9.87. The summed E-state index contributed by atoms with van der Waals surface area (Å²) in [6, 6.07) is 10.4. The lowest BCUT2D eigenvalue weighted by Crippen LogP contribution is -2.49. The number of nitriles is 1. The van der Waals surface area contributed by atoms with Crippen LogP contribution in [0.5, 0.6) is 0 Å². The van der Waals surface area contributed by atoms with E-state index in [9.17, 15) is 32.8 Å². The third kappa shape index (κ3) is 5.18. The minimum atomic E-state index is -4.64. The first-order valence-corrected chi connectivity index (χ1v) is 12.0. The van der Waals surface area contributed by atoms with E-state index in [4.69, 9.17) is 4.52 Å². The summed E-state index contributed by atoms with van der Waals surface area (Å²) in [5.41, 5.74) is -0.254. The summed E-state index contributed by atoms with van der Waals surface area (Å²) in [5, 5.41) is 13.1. The molecule has 0 N–H and O–H groups in total. The van der Waals surface area contributed by atoms with Gasteiger partial charge >= 0.3 is 12.2 Å². The number of aromatic nitrogens is 1. The van der Waals surface area contributed by atoms with Crippen LogP contribution in [0.15, 0.2) is 70.5 Å². The third-order valence-corrected chi connectivity index (χ3v) is 6.63. The zero-order chi connectivity index (χ0) is 29.4. The highest BCUT2D eigenvalue weighted by molar-refractivity contribution is 6.06. The Balaban J connectivity index is 1.86. The highest BCUT2D eigenvalue weighted by atomic mass is 19.4. The Bertz CT molecular complexity index is 1560. The fourth-order valence-corrected chi connectivity index (χ4v) is 4.74. The molecule has 2 heterocycles. The van der Waals surface area contributed by atoms with Crippen LogP contribution in [0.2, 0.25) is 0 Å². The molecule has 206 valence electrons. The number of hydrogen-bond acceptors (Lipinski definition) is 6. The van der Waals surface area contributed by atoms with Crippen molar-refractivity contribution in [2.24, 2.45) is 0 Å². The molecular weight excluding hydrogens is 527 g/mol. The van der Waals surface area contributed by atoms with Gasteiger partial charge in [-0.05, 0) is 49.7 Å². The highest BCUT2D eigenvalue weighted by Gasteiger charge is 2.41. The minimum Gasteiger partial charge on any atom is -0.360 e. The molecule has 9 nitrogen and oxygen atoms in total. The van der Waals surface area contributed by atoms with Gasteiger partial charge in [0.15, 0.2) is 11.5 Å². The fourth-order valence-electron chi connectivity index (χ4n) is 4.74. The molecule has 1 aliphatic rings. The number of amides is 3.